The van der Waals surface area contributed by atoms with Crippen LogP contribution in [-0.4, -0.2) is 31.0 Å². The second-order valence-electron chi connectivity index (χ2n) is 4.83. The first-order valence-electron chi connectivity index (χ1n) is 6.03. The van der Waals surface area contributed by atoms with Crippen LogP contribution in [0.2, 0.25) is 0 Å². The molecular weight excluding hydrogens is 206 g/mol. The van der Waals surface area contributed by atoms with Crippen LogP contribution in [0.4, 0.5) is 4.79 Å². The molecule has 0 atom stereocenters. The SMILES string of the molecule is CCCCCC(C)(C)CNC(=O)OCCO. The van der Waals surface area contributed by atoms with Crippen LogP contribution in [0.25, 0.3) is 0 Å². The molecule has 0 saturated heterocycles. The topological polar surface area (TPSA) is 58.6 Å². The average Bonchev–Trinajstić information content (AvgIpc) is 2.24. The minimum Gasteiger partial charge on any atom is -0.447 e. The summed E-state index contributed by atoms with van der Waals surface area (Å²) in [6, 6.07) is 0. The normalized spacial score (nSPS) is 11.2. The average molecular weight is 231 g/mol. The number of aliphatic hydroxyl groups excluding tert-OH is 1. The van der Waals surface area contributed by atoms with Crippen LogP contribution in [-0.2, 0) is 4.74 Å². The summed E-state index contributed by atoms with van der Waals surface area (Å²) in [5, 5.41) is 11.2. The van der Waals surface area contributed by atoms with Gasteiger partial charge < -0.3 is 15.2 Å². The first kappa shape index (κ1) is 15.2. The fraction of sp³-hybridized carbons (Fsp3) is 0.917. The number of ether oxygens (including phenoxy) is 1. The summed E-state index contributed by atoms with van der Waals surface area (Å²) < 4.78 is 4.71. The molecule has 0 unspecified atom stereocenters. The van der Waals surface area contributed by atoms with Crippen molar-refractivity contribution < 1.29 is 14.6 Å². The van der Waals surface area contributed by atoms with E-state index in [2.05, 4.69) is 26.1 Å². The number of carbonyl (C=O) groups excluding carboxylic acids is 1. The zero-order chi connectivity index (χ0) is 12.4. The smallest absolute Gasteiger partial charge is 0.407 e. The molecule has 0 aromatic carbocycles. The molecule has 16 heavy (non-hydrogen) atoms. The highest BCUT2D eigenvalue weighted by Gasteiger charge is 2.18. The number of aliphatic hydroxyl groups is 1. The molecule has 1 amide bonds. The number of nitrogens with one attached hydrogen (secondary N) is 1. The molecule has 0 fully saturated rings. The minimum atomic E-state index is -0.447. The monoisotopic (exact) mass is 231 g/mol. The predicted octanol–water partition coefficient (Wildman–Crippen LogP) is 2.31. The van der Waals surface area contributed by atoms with Gasteiger partial charge in [0.1, 0.15) is 6.61 Å². The van der Waals surface area contributed by atoms with Crippen molar-refractivity contribution in [2.24, 2.45) is 5.41 Å². The van der Waals surface area contributed by atoms with Crippen LogP contribution in [0.15, 0.2) is 0 Å². The zero-order valence-corrected chi connectivity index (χ0v) is 10.7. The first-order valence-corrected chi connectivity index (χ1v) is 6.03. The van der Waals surface area contributed by atoms with Crippen LogP contribution >= 0.6 is 0 Å². The Bertz CT molecular complexity index is 193. The van der Waals surface area contributed by atoms with Crippen molar-refractivity contribution in [2.75, 3.05) is 19.8 Å². The van der Waals surface area contributed by atoms with E-state index in [0.717, 1.165) is 6.42 Å². The number of unbranched alkanes of at least 4 members (excludes halogenated alkanes) is 2. The van der Waals surface area contributed by atoms with E-state index >= 15 is 0 Å². The predicted molar refractivity (Wildman–Crippen MR) is 64.4 cm³/mol. The van der Waals surface area contributed by atoms with Crippen LogP contribution in [0.3, 0.4) is 0 Å². The number of hydrogen-bond donors (Lipinski definition) is 2. The molecular formula is C12H25NO3. The van der Waals surface area contributed by atoms with E-state index in [4.69, 9.17) is 9.84 Å². The summed E-state index contributed by atoms with van der Waals surface area (Å²) in [7, 11) is 0. The van der Waals surface area contributed by atoms with Crippen molar-refractivity contribution in [3.63, 3.8) is 0 Å². The summed E-state index contributed by atoms with van der Waals surface area (Å²) in [6.07, 6.45) is 4.29. The Kier molecular flexibility index (Phi) is 7.99. The lowest BCUT2D eigenvalue weighted by Gasteiger charge is -2.24. The Labute approximate surface area is 98.4 Å². The molecule has 0 aliphatic heterocycles. The fourth-order valence-corrected chi connectivity index (χ4v) is 1.44. The van der Waals surface area contributed by atoms with E-state index in [-0.39, 0.29) is 18.6 Å². The second-order valence-corrected chi connectivity index (χ2v) is 4.83. The van der Waals surface area contributed by atoms with Crippen molar-refractivity contribution in [1.82, 2.24) is 5.32 Å². The van der Waals surface area contributed by atoms with E-state index in [9.17, 15) is 4.79 Å². The fourth-order valence-electron chi connectivity index (χ4n) is 1.44. The number of alkyl carbamates (subject to hydrolysis) is 1. The van der Waals surface area contributed by atoms with Gasteiger partial charge in [0.05, 0.1) is 6.61 Å². The van der Waals surface area contributed by atoms with Gasteiger partial charge >= 0.3 is 6.09 Å². The lowest BCUT2D eigenvalue weighted by atomic mass is 9.87. The summed E-state index contributed by atoms with van der Waals surface area (Å²) >= 11 is 0. The largest absolute Gasteiger partial charge is 0.447 e. The van der Waals surface area contributed by atoms with Gasteiger partial charge in [-0.15, -0.1) is 0 Å². The van der Waals surface area contributed by atoms with Gasteiger partial charge in [-0.25, -0.2) is 4.79 Å². The molecule has 0 aromatic rings. The minimum absolute atomic E-state index is 0.0576. The summed E-state index contributed by atoms with van der Waals surface area (Å²) in [4.78, 5) is 11.1. The van der Waals surface area contributed by atoms with E-state index < -0.39 is 6.09 Å². The highest BCUT2D eigenvalue weighted by atomic mass is 16.6. The number of amides is 1. The summed E-state index contributed by atoms with van der Waals surface area (Å²) in [5.41, 5.74) is 0.105. The van der Waals surface area contributed by atoms with Crippen LogP contribution in [0.5, 0.6) is 0 Å². The van der Waals surface area contributed by atoms with Gasteiger partial charge in [0.15, 0.2) is 0 Å². The molecule has 0 heterocycles. The lowest BCUT2D eigenvalue weighted by molar-refractivity contribution is 0.115. The molecule has 4 heteroatoms. The lowest BCUT2D eigenvalue weighted by Crippen LogP contribution is -2.34. The maximum absolute atomic E-state index is 11.1. The molecule has 0 aliphatic carbocycles. The second kappa shape index (κ2) is 8.39. The van der Waals surface area contributed by atoms with Crippen molar-refractivity contribution in [3.8, 4) is 0 Å². The van der Waals surface area contributed by atoms with Crippen molar-refractivity contribution in [2.45, 2.75) is 46.5 Å². The Hall–Kier alpha value is -0.770. The van der Waals surface area contributed by atoms with E-state index in [0.29, 0.717) is 6.54 Å². The van der Waals surface area contributed by atoms with Gasteiger partial charge in [-0.2, -0.15) is 0 Å². The third-order valence-electron chi connectivity index (χ3n) is 2.49. The van der Waals surface area contributed by atoms with Gasteiger partial charge in [-0.05, 0) is 11.8 Å². The van der Waals surface area contributed by atoms with E-state index in [1.54, 1.807) is 0 Å². The number of hydrogen-bond acceptors (Lipinski definition) is 3. The third-order valence-corrected chi connectivity index (χ3v) is 2.49. The molecule has 0 bridgehead atoms. The first-order chi connectivity index (χ1) is 7.52. The van der Waals surface area contributed by atoms with Crippen LogP contribution < -0.4 is 5.32 Å². The third kappa shape index (κ3) is 8.53. The number of carbonyl (C=O) groups is 1. The van der Waals surface area contributed by atoms with Crippen LogP contribution in [0, 0.1) is 5.41 Å². The molecule has 4 nitrogen and oxygen atoms in total. The van der Waals surface area contributed by atoms with E-state index in [1.165, 1.54) is 19.3 Å². The molecule has 0 spiro atoms. The molecule has 0 aromatic heterocycles. The van der Waals surface area contributed by atoms with Gasteiger partial charge in [0.25, 0.3) is 0 Å². The van der Waals surface area contributed by atoms with Gasteiger partial charge in [0, 0.05) is 6.54 Å². The molecule has 2 N–H and O–H groups in total. The van der Waals surface area contributed by atoms with Crippen molar-refractivity contribution in [1.29, 1.82) is 0 Å². The maximum Gasteiger partial charge on any atom is 0.407 e. The molecule has 0 radical (unpaired) electrons. The molecule has 0 rings (SSSR count). The summed E-state index contributed by atoms with van der Waals surface area (Å²) in [6.45, 7) is 6.98. The standard InChI is InChI=1S/C12H25NO3/c1-4-5-6-7-12(2,3)10-13-11(15)16-9-8-14/h14H,4-10H2,1-3H3,(H,13,15). The molecule has 0 aliphatic rings. The van der Waals surface area contributed by atoms with Crippen molar-refractivity contribution >= 4 is 6.09 Å². The highest BCUT2D eigenvalue weighted by Crippen LogP contribution is 2.22. The quantitative estimate of drug-likeness (QED) is 0.630. The Morgan fingerprint density at radius 3 is 2.62 bits per heavy atom. The molecule has 0 saturated carbocycles. The van der Waals surface area contributed by atoms with Gasteiger partial charge in [-0.1, -0.05) is 40.0 Å². The van der Waals surface area contributed by atoms with Crippen molar-refractivity contribution in [3.05, 3.63) is 0 Å². The van der Waals surface area contributed by atoms with Gasteiger partial charge in [0.2, 0.25) is 0 Å². The Morgan fingerprint density at radius 2 is 2.06 bits per heavy atom. The Balaban J connectivity index is 3.67. The number of rotatable bonds is 8. The maximum atomic E-state index is 11.1. The highest BCUT2D eigenvalue weighted by molar-refractivity contribution is 5.67. The Morgan fingerprint density at radius 1 is 1.38 bits per heavy atom. The summed E-state index contributed by atoms with van der Waals surface area (Å²) in [5.74, 6) is 0. The molecule has 96 valence electrons. The van der Waals surface area contributed by atoms with Gasteiger partial charge in [-0.3, -0.25) is 0 Å². The van der Waals surface area contributed by atoms with E-state index in [1.807, 2.05) is 0 Å². The van der Waals surface area contributed by atoms with Crippen LogP contribution in [0.1, 0.15) is 46.5 Å². The zero-order valence-electron chi connectivity index (χ0n) is 10.7.